The van der Waals surface area contributed by atoms with Crippen molar-refractivity contribution in [3.8, 4) is 23.7 Å². The van der Waals surface area contributed by atoms with Crippen LogP contribution in [0.3, 0.4) is 0 Å². The van der Waals surface area contributed by atoms with Crippen molar-refractivity contribution in [3.05, 3.63) is 35.4 Å². The number of amides is 2. The lowest BCUT2D eigenvalue weighted by Crippen LogP contribution is -2.57. The van der Waals surface area contributed by atoms with Gasteiger partial charge in [0.15, 0.2) is 0 Å². The summed E-state index contributed by atoms with van der Waals surface area (Å²) in [5, 5.41) is 21.2. The molecule has 0 aliphatic carbocycles. The van der Waals surface area contributed by atoms with Gasteiger partial charge in [-0.25, -0.2) is 9.87 Å². The van der Waals surface area contributed by atoms with Crippen LogP contribution in [0.1, 0.15) is 36.2 Å². The van der Waals surface area contributed by atoms with E-state index in [1.807, 2.05) is 4.90 Å². The van der Waals surface area contributed by atoms with Gasteiger partial charge in [-0.05, 0) is 50.0 Å². The first-order valence-corrected chi connectivity index (χ1v) is 9.13. The van der Waals surface area contributed by atoms with E-state index < -0.39 is 29.6 Å². The Morgan fingerprint density at radius 2 is 1.93 bits per heavy atom. The average Bonchev–Trinajstić information content (AvgIpc) is 2.65. The molecule has 1 aromatic carbocycles. The third-order valence-corrected chi connectivity index (χ3v) is 4.32. The highest BCUT2D eigenvalue weighted by Gasteiger charge is 2.34. The molecule has 2 rings (SSSR count). The van der Waals surface area contributed by atoms with Crippen LogP contribution in [0, 0.1) is 23.7 Å². The molecule has 0 saturated carbocycles. The summed E-state index contributed by atoms with van der Waals surface area (Å²) >= 11 is 0. The smallest absolute Gasteiger partial charge is 0.268 e. The van der Waals surface area contributed by atoms with E-state index in [0.717, 1.165) is 6.54 Å². The van der Waals surface area contributed by atoms with Crippen molar-refractivity contribution >= 4 is 11.8 Å². The number of aliphatic hydroxyl groups is 1. The van der Waals surface area contributed by atoms with Crippen LogP contribution in [-0.4, -0.2) is 64.5 Å². The van der Waals surface area contributed by atoms with Crippen molar-refractivity contribution in [2.45, 2.75) is 38.1 Å². The number of hydroxylamine groups is 1. The van der Waals surface area contributed by atoms with Gasteiger partial charge >= 0.3 is 0 Å². The first-order chi connectivity index (χ1) is 13.7. The van der Waals surface area contributed by atoms with Gasteiger partial charge in [-0.1, -0.05) is 11.8 Å². The largest absolute Gasteiger partial charge is 0.388 e. The highest BCUT2D eigenvalue weighted by molar-refractivity contribution is 5.97. The quantitative estimate of drug-likeness (QED) is 0.315. The number of nitrogens with one attached hydrogen (secondary N) is 2. The topological polar surface area (TPSA) is 102 Å². The second kappa shape index (κ2) is 10.0. The summed E-state index contributed by atoms with van der Waals surface area (Å²) in [6.07, 6.45) is -0.0785. The number of carbonyl (C=O) groups excluding carboxylic acids is 2. The summed E-state index contributed by atoms with van der Waals surface area (Å²) in [6, 6.07) is 5.00. The normalized spacial score (nSPS) is 15.1. The average molecular weight is 401 g/mol. The fourth-order valence-electron chi connectivity index (χ4n) is 2.66. The van der Waals surface area contributed by atoms with Crippen molar-refractivity contribution < 1.29 is 24.3 Å². The minimum atomic E-state index is -1.57. The molecule has 1 heterocycles. The van der Waals surface area contributed by atoms with Crippen molar-refractivity contribution in [2.75, 3.05) is 19.6 Å². The van der Waals surface area contributed by atoms with Crippen LogP contribution in [0.15, 0.2) is 24.3 Å². The van der Waals surface area contributed by atoms with Gasteiger partial charge in [0.2, 0.25) is 0 Å². The highest BCUT2D eigenvalue weighted by atomic mass is 19.1. The molecule has 1 saturated heterocycles. The predicted octanol–water partition coefficient (Wildman–Crippen LogP) is 0.460. The Hall–Kier alpha value is -2.91. The molecule has 1 fully saturated rings. The SMILES string of the molecule is CC(C)(O)[C@H](NC(=O)c1ccc(C#CC#CCCN2CC(F)C2)cc1)C(=O)NO. The Balaban J connectivity index is 1.89. The molecule has 29 heavy (non-hydrogen) atoms. The lowest BCUT2D eigenvalue weighted by molar-refractivity contribution is -0.136. The molecule has 2 amide bonds. The maximum atomic E-state index is 12.7. The van der Waals surface area contributed by atoms with E-state index in [9.17, 15) is 19.1 Å². The number of carbonyl (C=O) groups is 2. The molecule has 0 radical (unpaired) electrons. The van der Waals surface area contributed by atoms with Crippen LogP contribution in [0.5, 0.6) is 0 Å². The van der Waals surface area contributed by atoms with E-state index in [1.54, 1.807) is 12.1 Å². The Labute approximate surface area is 169 Å². The van der Waals surface area contributed by atoms with Crippen molar-refractivity contribution in [2.24, 2.45) is 0 Å². The van der Waals surface area contributed by atoms with Crippen LogP contribution in [-0.2, 0) is 4.79 Å². The molecule has 154 valence electrons. The maximum absolute atomic E-state index is 12.7. The Kier molecular flexibility index (Phi) is 7.74. The summed E-state index contributed by atoms with van der Waals surface area (Å²) in [6.45, 7) is 4.38. The minimum Gasteiger partial charge on any atom is -0.388 e. The van der Waals surface area contributed by atoms with E-state index in [2.05, 4.69) is 29.0 Å². The number of alkyl halides is 1. The lowest BCUT2D eigenvalue weighted by atomic mass is 9.97. The van der Waals surface area contributed by atoms with E-state index in [4.69, 9.17) is 5.21 Å². The summed E-state index contributed by atoms with van der Waals surface area (Å²) < 4.78 is 12.7. The van der Waals surface area contributed by atoms with Crippen molar-refractivity contribution in [1.29, 1.82) is 0 Å². The van der Waals surface area contributed by atoms with E-state index in [-0.39, 0.29) is 5.56 Å². The molecule has 7 nitrogen and oxygen atoms in total. The van der Waals surface area contributed by atoms with Crippen molar-refractivity contribution in [3.63, 3.8) is 0 Å². The van der Waals surface area contributed by atoms with Gasteiger partial charge in [0.25, 0.3) is 11.8 Å². The zero-order valence-electron chi connectivity index (χ0n) is 16.3. The van der Waals surface area contributed by atoms with E-state index in [1.165, 1.54) is 31.5 Å². The molecule has 0 aromatic heterocycles. The third kappa shape index (κ3) is 6.88. The van der Waals surface area contributed by atoms with Gasteiger partial charge in [0.1, 0.15) is 12.2 Å². The number of nitrogens with zero attached hydrogens (tertiary/aromatic N) is 1. The molecule has 4 N–H and O–H groups in total. The molecule has 1 aromatic rings. The van der Waals surface area contributed by atoms with Gasteiger partial charge in [0, 0.05) is 37.2 Å². The van der Waals surface area contributed by atoms with Crippen LogP contribution in [0.2, 0.25) is 0 Å². The standard InChI is InChI=1S/C21H24FN3O4/c1-21(2,28)18(20(27)24-29)23-19(26)16-10-8-15(9-11-16)7-5-3-4-6-12-25-13-17(22)14-25/h8-11,17-18,28-29H,6,12-14H2,1-2H3,(H,23,26)(H,24,27)/t18-/m1/s1. The first kappa shape index (κ1) is 22.4. The number of rotatable bonds is 6. The molecular formula is C21H24FN3O4. The number of likely N-dealkylation sites (tertiary alicyclic amines) is 1. The second-order valence-electron chi connectivity index (χ2n) is 7.27. The van der Waals surface area contributed by atoms with Crippen LogP contribution in [0.4, 0.5) is 4.39 Å². The highest BCUT2D eigenvalue weighted by Crippen LogP contribution is 2.11. The summed E-state index contributed by atoms with van der Waals surface area (Å²) in [7, 11) is 0. The van der Waals surface area contributed by atoms with Crippen molar-refractivity contribution in [1.82, 2.24) is 15.7 Å². The monoisotopic (exact) mass is 401 g/mol. The van der Waals surface area contributed by atoms with Gasteiger partial charge in [-0.3, -0.25) is 19.7 Å². The molecule has 0 bridgehead atoms. The zero-order valence-corrected chi connectivity index (χ0v) is 16.3. The fraction of sp³-hybridized carbons (Fsp3) is 0.429. The van der Waals surface area contributed by atoms with Crippen LogP contribution >= 0.6 is 0 Å². The molecule has 8 heteroatoms. The Bertz CT molecular complexity index is 850. The van der Waals surface area contributed by atoms with Gasteiger partial charge in [-0.2, -0.15) is 0 Å². The number of benzene rings is 1. The summed E-state index contributed by atoms with van der Waals surface area (Å²) in [5.74, 6) is 9.74. The molecule has 1 aliphatic rings. The van der Waals surface area contributed by atoms with Gasteiger partial charge in [0.05, 0.1) is 5.60 Å². The summed E-state index contributed by atoms with van der Waals surface area (Å²) in [5.41, 5.74) is 0.776. The number of hydrogen-bond acceptors (Lipinski definition) is 5. The lowest BCUT2D eigenvalue weighted by Gasteiger charge is -2.33. The van der Waals surface area contributed by atoms with Gasteiger partial charge < -0.3 is 10.4 Å². The first-order valence-electron chi connectivity index (χ1n) is 9.13. The molecule has 1 atom stereocenters. The molecule has 0 spiro atoms. The third-order valence-electron chi connectivity index (χ3n) is 4.32. The zero-order chi connectivity index (χ0) is 21.4. The second-order valence-corrected chi connectivity index (χ2v) is 7.27. The maximum Gasteiger partial charge on any atom is 0.268 e. The molecule has 0 unspecified atom stereocenters. The van der Waals surface area contributed by atoms with Gasteiger partial charge in [-0.15, -0.1) is 0 Å². The van der Waals surface area contributed by atoms with E-state index >= 15 is 0 Å². The predicted molar refractivity (Wildman–Crippen MR) is 105 cm³/mol. The van der Waals surface area contributed by atoms with E-state index in [0.29, 0.717) is 25.1 Å². The molecule has 1 aliphatic heterocycles. The minimum absolute atomic E-state index is 0.266. The summed E-state index contributed by atoms with van der Waals surface area (Å²) in [4.78, 5) is 25.9. The van der Waals surface area contributed by atoms with Crippen LogP contribution < -0.4 is 10.8 Å². The number of hydrogen-bond donors (Lipinski definition) is 4. The number of halogens is 1. The Morgan fingerprint density at radius 3 is 2.48 bits per heavy atom. The fourth-order valence-corrected chi connectivity index (χ4v) is 2.66. The Morgan fingerprint density at radius 1 is 1.28 bits per heavy atom. The molecular weight excluding hydrogens is 377 g/mol. The van der Waals surface area contributed by atoms with Crippen LogP contribution in [0.25, 0.3) is 0 Å².